The Bertz CT molecular complexity index is 607. The van der Waals surface area contributed by atoms with E-state index in [2.05, 4.69) is 22.1 Å². The van der Waals surface area contributed by atoms with Crippen LogP contribution in [0, 0.1) is 0 Å². The number of nitrogens with one attached hydrogen (secondary N) is 1. The van der Waals surface area contributed by atoms with Crippen LogP contribution in [-0.4, -0.2) is 9.97 Å². The van der Waals surface area contributed by atoms with Crippen LogP contribution in [0.4, 0.5) is 0 Å². The van der Waals surface area contributed by atoms with Crippen LogP contribution in [0.3, 0.4) is 0 Å². The third-order valence-corrected chi connectivity index (χ3v) is 4.08. The summed E-state index contributed by atoms with van der Waals surface area (Å²) in [6.45, 7) is 0. The molecule has 0 saturated heterocycles. The van der Waals surface area contributed by atoms with E-state index in [1.807, 2.05) is 18.2 Å². The first kappa shape index (κ1) is 11.5. The number of hydrogen-bond acceptors (Lipinski definition) is 3. The molecule has 1 N–H and O–H groups in total. The van der Waals surface area contributed by atoms with Gasteiger partial charge in [-0.3, -0.25) is 4.79 Å². The van der Waals surface area contributed by atoms with Gasteiger partial charge >= 0.3 is 0 Å². The molecule has 0 amide bonds. The monoisotopic (exact) mass is 258 g/mol. The second-order valence-corrected chi connectivity index (χ2v) is 5.39. The SMILES string of the molecule is O=c1[nH]c(SCc2ccccc2)nc2c1CCC2. The van der Waals surface area contributed by atoms with Crippen LogP contribution in [0.5, 0.6) is 0 Å². The fourth-order valence-corrected chi connectivity index (χ4v) is 3.05. The maximum absolute atomic E-state index is 11.8. The molecule has 1 aromatic heterocycles. The van der Waals surface area contributed by atoms with Crippen molar-refractivity contribution in [3.63, 3.8) is 0 Å². The third kappa shape index (κ3) is 2.34. The number of nitrogens with zero attached hydrogens (tertiary/aromatic N) is 1. The zero-order chi connectivity index (χ0) is 12.4. The first-order valence-corrected chi connectivity index (χ1v) is 7.10. The Morgan fingerprint density at radius 2 is 2.06 bits per heavy atom. The van der Waals surface area contributed by atoms with Crippen molar-refractivity contribution in [2.24, 2.45) is 0 Å². The molecule has 3 nitrogen and oxygen atoms in total. The van der Waals surface area contributed by atoms with E-state index in [1.165, 1.54) is 5.56 Å². The Morgan fingerprint density at radius 3 is 2.89 bits per heavy atom. The molecule has 1 aliphatic carbocycles. The summed E-state index contributed by atoms with van der Waals surface area (Å²) in [4.78, 5) is 19.2. The second-order valence-electron chi connectivity index (χ2n) is 4.42. The maximum Gasteiger partial charge on any atom is 0.254 e. The van der Waals surface area contributed by atoms with E-state index in [4.69, 9.17) is 0 Å². The number of hydrogen-bond donors (Lipinski definition) is 1. The number of benzene rings is 1. The Morgan fingerprint density at radius 1 is 1.22 bits per heavy atom. The summed E-state index contributed by atoms with van der Waals surface area (Å²) in [5.74, 6) is 0.836. The summed E-state index contributed by atoms with van der Waals surface area (Å²) in [6, 6.07) is 10.2. The zero-order valence-corrected chi connectivity index (χ0v) is 10.8. The summed E-state index contributed by atoms with van der Waals surface area (Å²) in [5.41, 5.74) is 3.17. The topological polar surface area (TPSA) is 45.8 Å². The fraction of sp³-hybridized carbons (Fsp3) is 0.286. The minimum absolute atomic E-state index is 0.0491. The van der Waals surface area contributed by atoms with Gasteiger partial charge in [-0.25, -0.2) is 4.98 Å². The van der Waals surface area contributed by atoms with Crippen molar-refractivity contribution in [3.05, 3.63) is 57.5 Å². The summed E-state index contributed by atoms with van der Waals surface area (Å²) >= 11 is 1.59. The van der Waals surface area contributed by atoms with E-state index in [0.29, 0.717) is 0 Å². The number of rotatable bonds is 3. The van der Waals surface area contributed by atoms with Gasteiger partial charge in [-0.15, -0.1) is 0 Å². The zero-order valence-electron chi connectivity index (χ0n) is 9.98. The van der Waals surface area contributed by atoms with E-state index in [1.54, 1.807) is 11.8 Å². The lowest BCUT2D eigenvalue weighted by atomic mass is 10.2. The molecule has 18 heavy (non-hydrogen) atoms. The first-order chi connectivity index (χ1) is 8.83. The molecule has 1 aliphatic rings. The molecule has 0 spiro atoms. The van der Waals surface area contributed by atoms with Gasteiger partial charge in [-0.2, -0.15) is 0 Å². The van der Waals surface area contributed by atoms with Gasteiger partial charge in [0.1, 0.15) is 0 Å². The van der Waals surface area contributed by atoms with Crippen LogP contribution in [-0.2, 0) is 18.6 Å². The van der Waals surface area contributed by atoms with Crippen molar-refractivity contribution in [2.45, 2.75) is 30.2 Å². The van der Waals surface area contributed by atoms with Crippen molar-refractivity contribution in [1.29, 1.82) is 0 Å². The predicted molar refractivity (Wildman–Crippen MR) is 72.9 cm³/mol. The highest BCUT2D eigenvalue weighted by molar-refractivity contribution is 7.98. The van der Waals surface area contributed by atoms with Gasteiger partial charge in [0.05, 0.1) is 5.69 Å². The highest BCUT2D eigenvalue weighted by Crippen LogP contribution is 2.22. The molecule has 0 fully saturated rings. The molecule has 3 rings (SSSR count). The van der Waals surface area contributed by atoms with Gasteiger partial charge in [0.2, 0.25) is 0 Å². The quantitative estimate of drug-likeness (QED) is 0.680. The molecule has 92 valence electrons. The number of H-pyrrole nitrogens is 1. The number of thioether (sulfide) groups is 1. The molecule has 1 aromatic carbocycles. The minimum atomic E-state index is 0.0491. The van der Waals surface area contributed by atoms with Gasteiger partial charge in [-0.1, -0.05) is 42.1 Å². The van der Waals surface area contributed by atoms with Crippen LogP contribution < -0.4 is 5.56 Å². The maximum atomic E-state index is 11.8. The largest absolute Gasteiger partial charge is 0.301 e. The van der Waals surface area contributed by atoms with Crippen molar-refractivity contribution in [2.75, 3.05) is 0 Å². The molecule has 0 atom stereocenters. The van der Waals surface area contributed by atoms with Crippen LogP contribution in [0.1, 0.15) is 23.2 Å². The normalized spacial score (nSPS) is 13.6. The summed E-state index contributed by atoms with van der Waals surface area (Å²) in [7, 11) is 0. The number of fused-ring (bicyclic) bond motifs is 1. The Balaban J connectivity index is 1.78. The van der Waals surface area contributed by atoms with E-state index < -0.39 is 0 Å². The Kier molecular flexibility index (Phi) is 3.19. The molecule has 1 heterocycles. The standard InChI is InChI=1S/C14H14N2OS/c17-13-11-7-4-8-12(11)15-14(16-13)18-9-10-5-2-1-3-6-10/h1-3,5-6H,4,7-9H2,(H,15,16,17). The molecule has 0 aliphatic heterocycles. The highest BCUT2D eigenvalue weighted by atomic mass is 32.2. The Labute approximate surface area is 110 Å². The van der Waals surface area contributed by atoms with Gasteiger partial charge in [0, 0.05) is 11.3 Å². The molecule has 4 heteroatoms. The van der Waals surface area contributed by atoms with Crippen LogP contribution in [0.25, 0.3) is 0 Å². The van der Waals surface area contributed by atoms with Gasteiger partial charge in [-0.05, 0) is 24.8 Å². The van der Waals surface area contributed by atoms with E-state index >= 15 is 0 Å². The first-order valence-electron chi connectivity index (χ1n) is 6.12. The molecule has 0 unspecified atom stereocenters. The van der Waals surface area contributed by atoms with Crippen LogP contribution in [0.15, 0.2) is 40.3 Å². The Hall–Kier alpha value is -1.55. The lowest BCUT2D eigenvalue weighted by molar-refractivity contribution is 0.869. The smallest absolute Gasteiger partial charge is 0.254 e. The van der Waals surface area contributed by atoms with E-state index in [0.717, 1.165) is 41.4 Å². The van der Waals surface area contributed by atoms with Gasteiger partial charge in [0.15, 0.2) is 5.16 Å². The van der Waals surface area contributed by atoms with Crippen molar-refractivity contribution < 1.29 is 0 Å². The molecule has 0 radical (unpaired) electrons. The minimum Gasteiger partial charge on any atom is -0.301 e. The summed E-state index contributed by atoms with van der Waals surface area (Å²) in [5, 5.41) is 0.740. The second kappa shape index (κ2) is 4.98. The lowest BCUT2D eigenvalue weighted by Crippen LogP contribution is -2.14. The lowest BCUT2D eigenvalue weighted by Gasteiger charge is -2.03. The van der Waals surface area contributed by atoms with Crippen molar-refractivity contribution in [1.82, 2.24) is 9.97 Å². The number of aromatic nitrogens is 2. The average Bonchev–Trinajstić information content (AvgIpc) is 2.86. The average molecular weight is 258 g/mol. The number of aryl methyl sites for hydroxylation is 1. The molecule has 0 bridgehead atoms. The van der Waals surface area contributed by atoms with E-state index in [9.17, 15) is 4.79 Å². The molecule has 0 saturated carbocycles. The van der Waals surface area contributed by atoms with Gasteiger partial charge < -0.3 is 4.98 Å². The van der Waals surface area contributed by atoms with Crippen LogP contribution >= 0.6 is 11.8 Å². The molecular weight excluding hydrogens is 244 g/mol. The third-order valence-electron chi connectivity index (χ3n) is 3.14. The number of aromatic amines is 1. The van der Waals surface area contributed by atoms with E-state index in [-0.39, 0.29) is 5.56 Å². The van der Waals surface area contributed by atoms with Crippen molar-refractivity contribution >= 4 is 11.8 Å². The fourth-order valence-electron chi connectivity index (χ4n) is 2.21. The van der Waals surface area contributed by atoms with Crippen LogP contribution in [0.2, 0.25) is 0 Å². The van der Waals surface area contributed by atoms with Crippen molar-refractivity contribution in [3.8, 4) is 0 Å². The molecule has 2 aromatic rings. The summed E-state index contributed by atoms with van der Waals surface area (Å²) in [6.07, 6.45) is 2.87. The summed E-state index contributed by atoms with van der Waals surface area (Å²) < 4.78 is 0. The highest BCUT2D eigenvalue weighted by Gasteiger charge is 2.16. The van der Waals surface area contributed by atoms with Gasteiger partial charge in [0.25, 0.3) is 5.56 Å². The molecular formula is C14H14N2OS. The predicted octanol–water partition coefficient (Wildman–Crippen LogP) is 2.55.